The van der Waals surface area contributed by atoms with E-state index >= 15 is 0 Å². The number of hydrogen-bond acceptors (Lipinski definition) is 5. The summed E-state index contributed by atoms with van der Waals surface area (Å²) < 4.78 is 0. The minimum atomic E-state index is -1.90. The molecule has 2 aliphatic carbocycles. The fourth-order valence-electron chi connectivity index (χ4n) is 7.00. The van der Waals surface area contributed by atoms with Crippen LogP contribution in [0, 0.1) is 34.5 Å². The SMILES string of the molecule is CC1(C)[C@@H]2[C@H](C(=O)N[C@H](C#N)C[C@H]3CCNC3=O)N(C(=O)C3(O)c4ccccc4-c4ccccc43)C[C@@H]21. The monoisotopic (exact) mass is 498 g/mol. The van der Waals surface area contributed by atoms with Gasteiger partial charge in [0.15, 0.2) is 5.60 Å². The molecule has 6 rings (SSSR count). The van der Waals surface area contributed by atoms with Gasteiger partial charge in [-0.15, -0.1) is 0 Å². The van der Waals surface area contributed by atoms with Gasteiger partial charge in [-0.25, -0.2) is 0 Å². The first kappa shape index (κ1) is 23.7. The lowest BCUT2D eigenvalue weighted by Crippen LogP contribution is -2.56. The molecular weight excluding hydrogens is 468 g/mol. The third-order valence-corrected chi connectivity index (χ3v) is 9.13. The van der Waals surface area contributed by atoms with Gasteiger partial charge in [-0.1, -0.05) is 62.4 Å². The Balaban J connectivity index is 1.31. The maximum absolute atomic E-state index is 14.2. The molecule has 1 saturated carbocycles. The Morgan fingerprint density at radius 3 is 2.35 bits per heavy atom. The fourth-order valence-corrected chi connectivity index (χ4v) is 7.00. The van der Waals surface area contributed by atoms with Gasteiger partial charge in [0, 0.05) is 30.1 Å². The Bertz CT molecular complexity index is 1320. The number of fused-ring (bicyclic) bond motifs is 4. The summed E-state index contributed by atoms with van der Waals surface area (Å²) in [5, 5.41) is 27.4. The van der Waals surface area contributed by atoms with E-state index in [1.165, 1.54) is 4.90 Å². The molecule has 2 aromatic rings. The number of benzene rings is 2. The summed E-state index contributed by atoms with van der Waals surface area (Å²) in [5.41, 5.74) is 0.617. The van der Waals surface area contributed by atoms with Crippen LogP contribution in [0.5, 0.6) is 0 Å². The van der Waals surface area contributed by atoms with Crippen LogP contribution in [0.1, 0.15) is 37.8 Å². The van der Waals surface area contributed by atoms with Gasteiger partial charge in [-0.2, -0.15) is 5.26 Å². The molecule has 3 amide bonds. The Hall–Kier alpha value is -3.70. The zero-order valence-electron chi connectivity index (χ0n) is 20.9. The van der Waals surface area contributed by atoms with E-state index in [0.29, 0.717) is 30.6 Å². The van der Waals surface area contributed by atoms with Gasteiger partial charge in [0.25, 0.3) is 5.91 Å². The van der Waals surface area contributed by atoms with Gasteiger partial charge in [-0.05, 0) is 41.2 Å². The summed E-state index contributed by atoms with van der Waals surface area (Å²) in [4.78, 5) is 41.5. The largest absolute Gasteiger partial charge is 0.372 e. The van der Waals surface area contributed by atoms with E-state index < -0.39 is 29.5 Å². The highest BCUT2D eigenvalue weighted by atomic mass is 16.3. The second kappa shape index (κ2) is 8.15. The second-order valence-corrected chi connectivity index (χ2v) is 11.4. The summed E-state index contributed by atoms with van der Waals surface area (Å²) >= 11 is 0. The number of carbonyl (C=O) groups is 3. The number of carbonyl (C=O) groups excluding carboxylic acids is 3. The molecule has 0 aromatic heterocycles. The molecular formula is C29H30N4O4. The fraction of sp³-hybridized carbons (Fsp3) is 0.448. The first-order chi connectivity index (χ1) is 17.7. The molecule has 2 aliphatic heterocycles. The lowest BCUT2D eigenvalue weighted by molar-refractivity contribution is -0.153. The topological polar surface area (TPSA) is 123 Å². The van der Waals surface area contributed by atoms with E-state index in [1.54, 1.807) is 24.3 Å². The normalized spacial score (nSPS) is 28.4. The molecule has 2 heterocycles. The first-order valence-electron chi connectivity index (χ1n) is 12.9. The molecule has 5 atom stereocenters. The molecule has 8 nitrogen and oxygen atoms in total. The molecule has 0 radical (unpaired) electrons. The van der Waals surface area contributed by atoms with Crippen molar-refractivity contribution >= 4 is 17.7 Å². The van der Waals surface area contributed by atoms with Gasteiger partial charge >= 0.3 is 0 Å². The van der Waals surface area contributed by atoms with Crippen molar-refractivity contribution in [3.63, 3.8) is 0 Å². The minimum Gasteiger partial charge on any atom is -0.372 e. The summed E-state index contributed by atoms with van der Waals surface area (Å²) in [6.07, 6.45) is 0.863. The van der Waals surface area contributed by atoms with Crippen molar-refractivity contribution < 1.29 is 19.5 Å². The number of piperidine rings is 1. The number of likely N-dealkylation sites (tertiary alicyclic amines) is 1. The van der Waals surface area contributed by atoms with Crippen LogP contribution in [-0.4, -0.2) is 52.9 Å². The third kappa shape index (κ3) is 3.33. The zero-order chi connectivity index (χ0) is 26.1. The highest BCUT2D eigenvalue weighted by molar-refractivity contribution is 6.01. The number of nitrogens with one attached hydrogen (secondary N) is 2. The first-order valence-corrected chi connectivity index (χ1v) is 12.9. The van der Waals surface area contributed by atoms with Crippen LogP contribution in [-0.2, 0) is 20.0 Å². The summed E-state index contributed by atoms with van der Waals surface area (Å²) in [7, 11) is 0. The number of nitriles is 1. The summed E-state index contributed by atoms with van der Waals surface area (Å²) in [5.74, 6) is -1.28. The van der Waals surface area contributed by atoms with Gasteiger partial charge in [0.2, 0.25) is 11.8 Å². The molecule has 8 heteroatoms. The predicted octanol–water partition coefficient (Wildman–Crippen LogP) is 1.92. The van der Waals surface area contributed by atoms with Crippen molar-refractivity contribution in [1.82, 2.24) is 15.5 Å². The van der Waals surface area contributed by atoms with Crippen molar-refractivity contribution in [2.75, 3.05) is 13.1 Å². The van der Waals surface area contributed by atoms with Gasteiger partial charge in [0.1, 0.15) is 12.1 Å². The van der Waals surface area contributed by atoms with Gasteiger partial charge in [0.05, 0.1) is 6.07 Å². The van der Waals surface area contributed by atoms with Crippen LogP contribution >= 0.6 is 0 Å². The average molecular weight is 499 g/mol. The van der Waals surface area contributed by atoms with E-state index in [-0.39, 0.29) is 35.5 Å². The molecule has 0 bridgehead atoms. The van der Waals surface area contributed by atoms with Crippen molar-refractivity contribution in [2.24, 2.45) is 23.2 Å². The molecule has 37 heavy (non-hydrogen) atoms. The quantitative estimate of drug-likeness (QED) is 0.581. The molecule has 0 unspecified atom stereocenters. The van der Waals surface area contributed by atoms with Crippen LogP contribution in [0.4, 0.5) is 0 Å². The minimum absolute atomic E-state index is 0.0685. The van der Waals surface area contributed by atoms with Crippen LogP contribution in [0.25, 0.3) is 11.1 Å². The second-order valence-electron chi connectivity index (χ2n) is 11.4. The van der Waals surface area contributed by atoms with Crippen LogP contribution in [0.3, 0.4) is 0 Å². The Morgan fingerprint density at radius 2 is 1.78 bits per heavy atom. The van der Waals surface area contributed by atoms with Crippen molar-refractivity contribution in [3.05, 3.63) is 59.7 Å². The van der Waals surface area contributed by atoms with Crippen molar-refractivity contribution in [1.29, 1.82) is 5.26 Å². The molecule has 4 aliphatic rings. The average Bonchev–Trinajstić information content (AvgIpc) is 3.32. The number of aliphatic hydroxyl groups is 1. The van der Waals surface area contributed by atoms with Crippen molar-refractivity contribution in [3.8, 4) is 17.2 Å². The number of amides is 3. The van der Waals surface area contributed by atoms with Crippen LogP contribution < -0.4 is 10.6 Å². The number of nitrogens with zero attached hydrogens (tertiary/aromatic N) is 2. The Labute approximate surface area is 215 Å². The van der Waals surface area contributed by atoms with E-state index in [9.17, 15) is 24.8 Å². The maximum Gasteiger partial charge on any atom is 0.264 e. The van der Waals surface area contributed by atoms with E-state index in [4.69, 9.17) is 0 Å². The molecule has 0 spiro atoms. The standard InChI is InChI=1S/C29H30N4O4/c1-28(2)22-15-33(24(23(22)28)26(35)32-17(14-30)13-16-11-12-31-25(16)34)27(36)29(37)20-9-5-3-7-18(20)19-8-4-6-10-21(19)29/h3-10,16-17,22-24,37H,11-13,15H2,1-2H3,(H,31,34)(H,32,35)/t16-,17+,22+,23+,24-/m1/s1. The van der Waals surface area contributed by atoms with Crippen LogP contribution in [0.15, 0.2) is 48.5 Å². The molecule has 2 saturated heterocycles. The smallest absolute Gasteiger partial charge is 0.264 e. The molecule has 190 valence electrons. The Morgan fingerprint density at radius 1 is 1.16 bits per heavy atom. The number of hydrogen-bond donors (Lipinski definition) is 3. The van der Waals surface area contributed by atoms with Gasteiger partial charge in [-0.3, -0.25) is 14.4 Å². The lowest BCUT2D eigenvalue weighted by Gasteiger charge is -2.36. The van der Waals surface area contributed by atoms with E-state index in [0.717, 1.165) is 11.1 Å². The predicted molar refractivity (Wildman–Crippen MR) is 134 cm³/mol. The van der Waals surface area contributed by atoms with E-state index in [1.807, 2.05) is 24.3 Å². The highest BCUT2D eigenvalue weighted by Crippen LogP contribution is 2.65. The highest BCUT2D eigenvalue weighted by Gasteiger charge is 2.70. The molecule has 2 aromatic carbocycles. The lowest BCUT2D eigenvalue weighted by atomic mass is 9.88. The molecule has 3 N–H and O–H groups in total. The maximum atomic E-state index is 14.2. The Kier molecular flexibility index (Phi) is 5.22. The third-order valence-electron chi connectivity index (χ3n) is 9.13. The summed E-state index contributed by atoms with van der Waals surface area (Å²) in [6.45, 7) is 5.11. The van der Waals surface area contributed by atoms with E-state index in [2.05, 4.69) is 30.6 Å². The van der Waals surface area contributed by atoms with Gasteiger partial charge < -0.3 is 20.6 Å². The van der Waals surface area contributed by atoms with Crippen molar-refractivity contribution in [2.45, 2.75) is 44.4 Å². The summed E-state index contributed by atoms with van der Waals surface area (Å²) in [6, 6.07) is 15.2. The van der Waals surface area contributed by atoms with Crippen LogP contribution in [0.2, 0.25) is 0 Å². The zero-order valence-corrected chi connectivity index (χ0v) is 20.9. The number of rotatable bonds is 5. The molecule has 3 fully saturated rings.